The van der Waals surface area contributed by atoms with Gasteiger partial charge in [0.05, 0.1) is 12.3 Å². The molecule has 3 heterocycles. The molecule has 2 aromatic rings. The maximum atomic E-state index is 13.6. The molecule has 5 rings (SSSR count). The third-order valence-corrected chi connectivity index (χ3v) is 7.89. The molecular weight excluding hydrogens is 454 g/mol. The van der Waals surface area contributed by atoms with Crippen molar-refractivity contribution in [1.29, 1.82) is 0 Å². The van der Waals surface area contributed by atoms with Crippen LogP contribution < -0.4 is 5.32 Å². The summed E-state index contributed by atoms with van der Waals surface area (Å²) in [4.78, 5) is 44.7. The average Bonchev–Trinajstić information content (AvgIpc) is 3.21. The first-order chi connectivity index (χ1) is 17.4. The summed E-state index contributed by atoms with van der Waals surface area (Å²) in [5.41, 5.74) is 4.43. The molecule has 1 aromatic heterocycles. The third-order valence-electron chi connectivity index (χ3n) is 7.89. The molecule has 1 atom stereocenters. The summed E-state index contributed by atoms with van der Waals surface area (Å²) in [7, 11) is 0. The molecule has 0 unspecified atom stereocenters. The number of esters is 1. The highest BCUT2D eigenvalue weighted by atomic mass is 16.6. The van der Waals surface area contributed by atoms with Gasteiger partial charge < -0.3 is 15.0 Å². The molecule has 2 amide bonds. The fourth-order valence-electron chi connectivity index (χ4n) is 5.94. The second-order valence-corrected chi connectivity index (χ2v) is 10.2. The Hall–Kier alpha value is -3.48. The summed E-state index contributed by atoms with van der Waals surface area (Å²) in [6.07, 6.45) is 10.7. The molecule has 7 nitrogen and oxygen atoms in total. The van der Waals surface area contributed by atoms with Crippen LogP contribution in [0.2, 0.25) is 0 Å². The van der Waals surface area contributed by atoms with Gasteiger partial charge in [-0.1, -0.05) is 36.8 Å². The van der Waals surface area contributed by atoms with Gasteiger partial charge in [-0.05, 0) is 67.4 Å². The number of rotatable bonds is 5. The van der Waals surface area contributed by atoms with Crippen molar-refractivity contribution in [2.75, 3.05) is 6.54 Å². The van der Waals surface area contributed by atoms with E-state index in [0.717, 1.165) is 60.1 Å². The number of nitrogens with one attached hydrogen (secondary N) is 1. The standard InChI is InChI=1S/C29H33N3O4/c1-20-24(18-31-26(33)11-10-21-8-4-2-5-9-21)23-12-15-32(19-22(23)17-30-20)28(35)25-16-27(34)36-29(25)13-6-3-7-14-29/h2,4-5,8-11,17,25H,3,6-7,12-16,18-19H2,1H3,(H,31,33)/b11-10+/t25-/m1/s1. The number of hydrogen-bond donors (Lipinski definition) is 1. The molecule has 1 aromatic carbocycles. The van der Waals surface area contributed by atoms with E-state index in [1.54, 1.807) is 12.2 Å². The Balaban J connectivity index is 1.26. The molecule has 1 spiro atoms. The van der Waals surface area contributed by atoms with Crippen LogP contribution in [0.3, 0.4) is 0 Å². The second kappa shape index (κ2) is 10.2. The van der Waals surface area contributed by atoms with Gasteiger partial charge in [0.2, 0.25) is 11.8 Å². The molecule has 1 saturated heterocycles. The molecule has 2 fully saturated rings. The van der Waals surface area contributed by atoms with Crippen molar-refractivity contribution in [1.82, 2.24) is 15.2 Å². The van der Waals surface area contributed by atoms with Gasteiger partial charge in [-0.2, -0.15) is 0 Å². The summed E-state index contributed by atoms with van der Waals surface area (Å²) in [6, 6.07) is 9.70. The van der Waals surface area contributed by atoms with Gasteiger partial charge in [0.25, 0.3) is 0 Å². The molecule has 1 saturated carbocycles. The fraction of sp³-hybridized carbons (Fsp3) is 0.448. The Morgan fingerprint density at radius 1 is 1.19 bits per heavy atom. The van der Waals surface area contributed by atoms with E-state index in [9.17, 15) is 14.4 Å². The minimum Gasteiger partial charge on any atom is -0.458 e. The van der Waals surface area contributed by atoms with Crippen LogP contribution in [0.1, 0.15) is 66.5 Å². The van der Waals surface area contributed by atoms with Crippen molar-refractivity contribution in [3.8, 4) is 0 Å². The van der Waals surface area contributed by atoms with Crippen LogP contribution in [0.25, 0.3) is 6.08 Å². The van der Waals surface area contributed by atoms with Crippen LogP contribution >= 0.6 is 0 Å². The molecule has 0 bridgehead atoms. The number of aryl methyl sites for hydroxylation is 1. The quantitative estimate of drug-likeness (QED) is 0.511. The number of carbonyl (C=O) groups excluding carboxylic acids is 3. The molecular formula is C29H33N3O4. The molecule has 1 N–H and O–H groups in total. The van der Waals surface area contributed by atoms with Crippen LogP contribution in [0.15, 0.2) is 42.6 Å². The molecule has 36 heavy (non-hydrogen) atoms. The Labute approximate surface area is 211 Å². The third kappa shape index (κ3) is 4.92. The number of pyridine rings is 1. The number of nitrogens with zero attached hydrogens (tertiary/aromatic N) is 2. The highest BCUT2D eigenvalue weighted by molar-refractivity contribution is 5.91. The zero-order valence-corrected chi connectivity index (χ0v) is 20.8. The van der Waals surface area contributed by atoms with Gasteiger partial charge in [0.1, 0.15) is 5.60 Å². The lowest BCUT2D eigenvalue weighted by atomic mass is 9.75. The van der Waals surface area contributed by atoms with Crippen molar-refractivity contribution in [3.05, 3.63) is 70.6 Å². The van der Waals surface area contributed by atoms with Gasteiger partial charge in [0.15, 0.2) is 0 Å². The van der Waals surface area contributed by atoms with Gasteiger partial charge in [-0.3, -0.25) is 19.4 Å². The number of ether oxygens (including phenoxy) is 1. The molecule has 188 valence electrons. The van der Waals surface area contributed by atoms with Crippen molar-refractivity contribution >= 4 is 23.9 Å². The zero-order valence-electron chi connectivity index (χ0n) is 20.8. The molecule has 2 aliphatic heterocycles. The van der Waals surface area contributed by atoms with Crippen LogP contribution in [0.5, 0.6) is 0 Å². The van der Waals surface area contributed by atoms with E-state index in [2.05, 4.69) is 10.3 Å². The number of aromatic nitrogens is 1. The van der Waals surface area contributed by atoms with Crippen molar-refractivity contribution in [2.24, 2.45) is 5.92 Å². The summed E-state index contributed by atoms with van der Waals surface area (Å²) < 4.78 is 5.78. The van der Waals surface area contributed by atoms with E-state index in [0.29, 0.717) is 26.1 Å². The predicted octanol–water partition coefficient (Wildman–Crippen LogP) is 3.87. The normalized spacial score (nSPS) is 20.9. The smallest absolute Gasteiger partial charge is 0.307 e. The number of hydrogen-bond acceptors (Lipinski definition) is 5. The second-order valence-electron chi connectivity index (χ2n) is 10.2. The number of amides is 2. The van der Waals surface area contributed by atoms with Crippen molar-refractivity contribution in [3.63, 3.8) is 0 Å². The monoisotopic (exact) mass is 487 g/mol. The Bertz CT molecular complexity index is 1180. The van der Waals surface area contributed by atoms with Crippen LogP contribution in [0, 0.1) is 12.8 Å². The number of carbonyl (C=O) groups is 3. The lowest BCUT2D eigenvalue weighted by Gasteiger charge is -2.39. The number of benzene rings is 1. The molecule has 3 aliphatic rings. The summed E-state index contributed by atoms with van der Waals surface area (Å²) in [5.74, 6) is -0.772. The van der Waals surface area contributed by atoms with E-state index >= 15 is 0 Å². The van der Waals surface area contributed by atoms with Gasteiger partial charge in [-0.25, -0.2) is 0 Å². The Kier molecular flexibility index (Phi) is 6.90. The van der Waals surface area contributed by atoms with E-state index in [1.165, 1.54) is 0 Å². The van der Waals surface area contributed by atoms with Crippen molar-refractivity contribution < 1.29 is 19.1 Å². The lowest BCUT2D eigenvalue weighted by Crippen LogP contribution is -2.48. The molecule has 0 radical (unpaired) electrons. The van der Waals surface area contributed by atoms with Gasteiger partial charge >= 0.3 is 5.97 Å². The number of fused-ring (bicyclic) bond motifs is 1. The Morgan fingerprint density at radius 3 is 2.75 bits per heavy atom. The van der Waals surface area contributed by atoms with E-state index < -0.39 is 5.60 Å². The van der Waals surface area contributed by atoms with E-state index in [-0.39, 0.29) is 30.1 Å². The fourth-order valence-corrected chi connectivity index (χ4v) is 5.94. The largest absolute Gasteiger partial charge is 0.458 e. The average molecular weight is 488 g/mol. The maximum absolute atomic E-state index is 13.6. The summed E-state index contributed by atoms with van der Waals surface area (Å²) in [5, 5.41) is 2.98. The van der Waals surface area contributed by atoms with Crippen molar-refractivity contribution in [2.45, 2.75) is 70.6 Å². The SMILES string of the molecule is Cc1ncc2c(c1CNC(=O)/C=C/c1ccccc1)CCN(C(=O)[C@H]1CC(=O)OC13CCCCC3)C2. The zero-order chi connectivity index (χ0) is 25.1. The summed E-state index contributed by atoms with van der Waals surface area (Å²) in [6.45, 7) is 3.40. The first kappa shape index (κ1) is 24.2. The molecule has 7 heteroatoms. The first-order valence-electron chi connectivity index (χ1n) is 12.9. The summed E-state index contributed by atoms with van der Waals surface area (Å²) >= 11 is 0. The van der Waals surface area contributed by atoms with Crippen LogP contribution in [0.4, 0.5) is 0 Å². The highest BCUT2D eigenvalue weighted by Gasteiger charge is 2.54. The first-order valence-corrected chi connectivity index (χ1v) is 12.9. The maximum Gasteiger partial charge on any atom is 0.307 e. The van der Waals surface area contributed by atoms with Gasteiger partial charge in [0, 0.05) is 37.6 Å². The van der Waals surface area contributed by atoms with Crippen LogP contribution in [-0.2, 0) is 38.6 Å². The minimum atomic E-state index is -0.610. The van der Waals surface area contributed by atoms with E-state index in [1.807, 2.05) is 48.4 Å². The molecule has 1 aliphatic carbocycles. The lowest BCUT2D eigenvalue weighted by molar-refractivity contribution is -0.156. The highest BCUT2D eigenvalue weighted by Crippen LogP contribution is 2.45. The van der Waals surface area contributed by atoms with Crippen LogP contribution in [-0.4, -0.2) is 39.8 Å². The Morgan fingerprint density at radius 2 is 1.97 bits per heavy atom. The predicted molar refractivity (Wildman–Crippen MR) is 135 cm³/mol. The minimum absolute atomic E-state index is 0.0230. The topological polar surface area (TPSA) is 88.6 Å². The van der Waals surface area contributed by atoms with Gasteiger partial charge in [-0.15, -0.1) is 0 Å². The van der Waals surface area contributed by atoms with E-state index in [4.69, 9.17) is 4.74 Å².